The first-order valence-electron chi connectivity index (χ1n) is 9.56. The van der Waals surface area contributed by atoms with Crippen LogP contribution in [0.25, 0.3) is 10.9 Å². The Kier molecular flexibility index (Phi) is 5.37. The first-order chi connectivity index (χ1) is 14.4. The minimum Gasteiger partial charge on any atom is -0.481 e. The van der Waals surface area contributed by atoms with Crippen molar-refractivity contribution < 1.29 is 13.9 Å². The van der Waals surface area contributed by atoms with Crippen LogP contribution in [0.15, 0.2) is 41.3 Å². The number of piperazine rings is 1. The zero-order valence-electron chi connectivity index (χ0n) is 16.7. The molecule has 0 bridgehead atoms. The number of halogens is 1. The van der Waals surface area contributed by atoms with Crippen molar-refractivity contribution in [1.29, 1.82) is 0 Å². The maximum Gasteiger partial charge on any atom is 0.272 e. The zero-order chi connectivity index (χ0) is 21.3. The normalized spacial score (nSPS) is 14.7. The van der Waals surface area contributed by atoms with E-state index < -0.39 is 17.2 Å². The highest BCUT2D eigenvalue weighted by atomic mass is 19.1. The van der Waals surface area contributed by atoms with Crippen LogP contribution in [0.3, 0.4) is 0 Å². The number of anilines is 2. The molecule has 1 saturated heterocycles. The number of ether oxygens (including phenoxy) is 1. The van der Waals surface area contributed by atoms with Gasteiger partial charge in [0.1, 0.15) is 11.5 Å². The van der Waals surface area contributed by atoms with Crippen LogP contribution >= 0.6 is 0 Å². The van der Waals surface area contributed by atoms with Gasteiger partial charge in [-0.3, -0.25) is 9.59 Å². The summed E-state index contributed by atoms with van der Waals surface area (Å²) >= 11 is 0. The number of nitrogens with one attached hydrogen (secondary N) is 2. The first kappa shape index (κ1) is 19.8. The van der Waals surface area contributed by atoms with Gasteiger partial charge in [0.25, 0.3) is 5.91 Å². The SMILES string of the molecule is COc1ccc(NC(=O)c2cc(=O)c3cc(F)cc(N4CCN(C)CC4)c3[nH]2)cn1. The van der Waals surface area contributed by atoms with E-state index in [2.05, 4.69) is 20.2 Å². The highest BCUT2D eigenvalue weighted by Crippen LogP contribution is 2.26. The molecule has 0 radical (unpaired) electrons. The third kappa shape index (κ3) is 3.97. The number of aromatic nitrogens is 2. The number of pyridine rings is 2. The van der Waals surface area contributed by atoms with E-state index in [0.717, 1.165) is 13.1 Å². The molecule has 3 heterocycles. The van der Waals surface area contributed by atoms with Gasteiger partial charge in [-0.2, -0.15) is 0 Å². The molecule has 4 rings (SSSR count). The number of benzene rings is 1. The highest BCUT2D eigenvalue weighted by Gasteiger charge is 2.20. The van der Waals surface area contributed by atoms with Crippen molar-refractivity contribution in [2.24, 2.45) is 0 Å². The number of aromatic amines is 1. The summed E-state index contributed by atoms with van der Waals surface area (Å²) in [6.45, 7) is 3.05. The van der Waals surface area contributed by atoms with Crippen LogP contribution in [0.5, 0.6) is 5.88 Å². The van der Waals surface area contributed by atoms with Crippen molar-refractivity contribution in [2.75, 3.05) is 50.6 Å². The predicted molar refractivity (Wildman–Crippen MR) is 113 cm³/mol. The Bertz CT molecular complexity index is 1140. The summed E-state index contributed by atoms with van der Waals surface area (Å²) in [5.41, 5.74) is 1.16. The van der Waals surface area contributed by atoms with E-state index in [4.69, 9.17) is 4.74 Å². The summed E-state index contributed by atoms with van der Waals surface area (Å²) < 4.78 is 19.2. The Morgan fingerprint density at radius 1 is 1.20 bits per heavy atom. The average Bonchev–Trinajstić information content (AvgIpc) is 2.75. The van der Waals surface area contributed by atoms with E-state index in [-0.39, 0.29) is 11.1 Å². The van der Waals surface area contributed by atoms with Crippen LogP contribution in [-0.2, 0) is 0 Å². The Hall–Kier alpha value is -3.46. The molecular formula is C21H22FN5O3. The smallest absolute Gasteiger partial charge is 0.272 e. The lowest BCUT2D eigenvalue weighted by Crippen LogP contribution is -2.44. The molecule has 0 saturated carbocycles. The molecule has 30 heavy (non-hydrogen) atoms. The number of fused-ring (bicyclic) bond motifs is 1. The number of hydrogen-bond acceptors (Lipinski definition) is 6. The molecule has 0 spiro atoms. The molecule has 156 valence electrons. The van der Waals surface area contributed by atoms with Crippen LogP contribution < -0.4 is 20.4 Å². The van der Waals surface area contributed by atoms with Gasteiger partial charge >= 0.3 is 0 Å². The third-order valence-electron chi connectivity index (χ3n) is 5.17. The molecule has 1 aromatic carbocycles. The third-order valence-corrected chi connectivity index (χ3v) is 5.17. The molecule has 3 aromatic rings. The number of amides is 1. The molecular weight excluding hydrogens is 389 g/mol. The van der Waals surface area contributed by atoms with Crippen molar-refractivity contribution in [3.8, 4) is 5.88 Å². The van der Waals surface area contributed by atoms with Gasteiger partial charge in [0, 0.05) is 38.3 Å². The van der Waals surface area contributed by atoms with Crippen LogP contribution in [0.4, 0.5) is 15.8 Å². The van der Waals surface area contributed by atoms with Gasteiger partial charge in [-0.25, -0.2) is 9.37 Å². The molecule has 9 heteroatoms. The number of carbonyl (C=O) groups excluding carboxylic acids is 1. The molecule has 2 aromatic heterocycles. The minimum atomic E-state index is -0.491. The molecule has 1 fully saturated rings. The van der Waals surface area contributed by atoms with Crippen molar-refractivity contribution in [2.45, 2.75) is 0 Å². The quantitative estimate of drug-likeness (QED) is 0.683. The van der Waals surface area contributed by atoms with Crippen LogP contribution in [-0.4, -0.2) is 61.1 Å². The summed E-state index contributed by atoms with van der Waals surface area (Å²) in [7, 11) is 3.53. The molecule has 0 unspecified atom stereocenters. The fourth-order valence-electron chi connectivity index (χ4n) is 3.49. The summed E-state index contributed by atoms with van der Waals surface area (Å²) in [6.07, 6.45) is 1.46. The molecule has 1 amide bonds. The highest BCUT2D eigenvalue weighted by molar-refractivity contribution is 6.05. The molecule has 1 aliphatic rings. The number of nitrogens with zero attached hydrogens (tertiary/aromatic N) is 3. The number of rotatable bonds is 4. The van der Waals surface area contributed by atoms with Crippen LogP contribution in [0.2, 0.25) is 0 Å². The van der Waals surface area contributed by atoms with E-state index in [9.17, 15) is 14.0 Å². The van der Waals surface area contributed by atoms with Gasteiger partial charge in [-0.15, -0.1) is 0 Å². The average molecular weight is 411 g/mol. The number of H-pyrrole nitrogens is 1. The lowest BCUT2D eigenvalue weighted by Gasteiger charge is -2.34. The first-order valence-corrected chi connectivity index (χ1v) is 9.56. The largest absolute Gasteiger partial charge is 0.481 e. The van der Waals surface area contributed by atoms with Gasteiger partial charge in [0.15, 0.2) is 5.43 Å². The molecule has 0 atom stereocenters. The molecule has 1 aliphatic heterocycles. The van der Waals surface area contributed by atoms with E-state index in [1.807, 2.05) is 11.9 Å². The Morgan fingerprint density at radius 3 is 2.63 bits per heavy atom. The summed E-state index contributed by atoms with van der Waals surface area (Å²) in [4.78, 5) is 36.7. The van der Waals surface area contributed by atoms with E-state index in [0.29, 0.717) is 35.9 Å². The predicted octanol–water partition coefficient (Wildman–Crippen LogP) is 2.07. The van der Waals surface area contributed by atoms with Gasteiger partial charge in [-0.05, 0) is 25.2 Å². The van der Waals surface area contributed by atoms with Crippen LogP contribution in [0, 0.1) is 5.82 Å². The second kappa shape index (κ2) is 8.11. The lowest BCUT2D eigenvalue weighted by atomic mass is 10.1. The number of likely N-dealkylation sites (N-methyl/N-ethyl adjacent to an activating group) is 1. The summed E-state index contributed by atoms with van der Waals surface area (Å²) in [6, 6.07) is 7.05. The standard InChI is InChI=1S/C21H22FN5O3/c1-26-5-7-27(8-6-26)17-10-13(22)9-15-18(28)11-16(25-20(15)17)21(29)24-14-3-4-19(30-2)23-12-14/h3-4,9-12H,5-8H2,1-2H3,(H,24,29)(H,25,28). The van der Waals surface area contributed by atoms with Gasteiger partial charge < -0.3 is 24.8 Å². The Morgan fingerprint density at radius 2 is 1.97 bits per heavy atom. The van der Waals surface area contributed by atoms with E-state index in [1.165, 1.54) is 31.5 Å². The van der Waals surface area contributed by atoms with Crippen molar-refractivity contribution >= 4 is 28.2 Å². The Balaban J connectivity index is 1.70. The minimum absolute atomic E-state index is 0.0882. The fourth-order valence-corrected chi connectivity index (χ4v) is 3.49. The van der Waals surface area contributed by atoms with Crippen LogP contribution in [0.1, 0.15) is 10.5 Å². The molecule has 8 nitrogen and oxygen atoms in total. The second-order valence-electron chi connectivity index (χ2n) is 7.23. The summed E-state index contributed by atoms with van der Waals surface area (Å²) in [5.74, 6) is -0.552. The van der Waals surface area contributed by atoms with Gasteiger partial charge in [0.05, 0.1) is 35.6 Å². The van der Waals surface area contributed by atoms with E-state index in [1.54, 1.807) is 12.1 Å². The number of hydrogen-bond donors (Lipinski definition) is 2. The van der Waals surface area contributed by atoms with Crippen molar-refractivity contribution in [3.63, 3.8) is 0 Å². The van der Waals surface area contributed by atoms with Gasteiger partial charge in [-0.1, -0.05) is 0 Å². The second-order valence-corrected chi connectivity index (χ2v) is 7.23. The van der Waals surface area contributed by atoms with Gasteiger partial charge in [0.2, 0.25) is 5.88 Å². The maximum absolute atomic E-state index is 14.2. The number of carbonyl (C=O) groups is 1. The fraction of sp³-hybridized carbons (Fsp3) is 0.286. The lowest BCUT2D eigenvalue weighted by molar-refractivity contribution is 0.102. The summed E-state index contributed by atoms with van der Waals surface area (Å²) in [5, 5.41) is 2.91. The molecule has 2 N–H and O–H groups in total. The monoisotopic (exact) mass is 411 g/mol. The zero-order valence-corrected chi connectivity index (χ0v) is 16.7. The topological polar surface area (TPSA) is 90.6 Å². The van der Waals surface area contributed by atoms with Crippen molar-refractivity contribution in [1.82, 2.24) is 14.9 Å². The van der Waals surface area contributed by atoms with Crippen molar-refractivity contribution in [3.05, 3.63) is 58.3 Å². The maximum atomic E-state index is 14.2. The molecule has 0 aliphatic carbocycles. The Labute approximate surface area is 172 Å². The van der Waals surface area contributed by atoms with E-state index >= 15 is 0 Å². The number of methoxy groups -OCH3 is 1.